The molecule has 2 rings (SSSR count). The maximum atomic E-state index is 11.7. The lowest BCUT2D eigenvalue weighted by Gasteiger charge is -2.26. The third-order valence-electron chi connectivity index (χ3n) is 3.05. The lowest BCUT2D eigenvalue weighted by molar-refractivity contribution is 0.240. The molecule has 0 saturated heterocycles. The van der Waals surface area contributed by atoms with Crippen molar-refractivity contribution in [2.45, 2.75) is 25.3 Å². The highest BCUT2D eigenvalue weighted by molar-refractivity contribution is 5.90. The fraction of sp³-hybridized carbons (Fsp3) is 0.462. The fourth-order valence-corrected chi connectivity index (χ4v) is 1.78. The molecule has 18 heavy (non-hydrogen) atoms. The molecule has 0 heterocycles. The smallest absolute Gasteiger partial charge is 0.319 e. The second-order valence-corrected chi connectivity index (χ2v) is 4.33. The van der Waals surface area contributed by atoms with Gasteiger partial charge in [-0.25, -0.2) is 4.79 Å². The van der Waals surface area contributed by atoms with Gasteiger partial charge in [0.05, 0.1) is 14.2 Å². The zero-order valence-corrected chi connectivity index (χ0v) is 10.7. The van der Waals surface area contributed by atoms with Crippen LogP contribution in [0.15, 0.2) is 18.2 Å². The molecule has 2 N–H and O–H groups in total. The molecule has 0 aliphatic heterocycles. The number of nitrogens with one attached hydrogen (secondary N) is 2. The normalized spacial score (nSPS) is 14.6. The maximum absolute atomic E-state index is 11.7. The van der Waals surface area contributed by atoms with E-state index < -0.39 is 0 Å². The molecule has 1 aromatic rings. The molecule has 0 spiro atoms. The van der Waals surface area contributed by atoms with E-state index >= 15 is 0 Å². The van der Waals surface area contributed by atoms with Crippen molar-refractivity contribution in [1.82, 2.24) is 5.32 Å². The van der Waals surface area contributed by atoms with Crippen molar-refractivity contribution < 1.29 is 14.3 Å². The summed E-state index contributed by atoms with van der Waals surface area (Å²) >= 11 is 0. The van der Waals surface area contributed by atoms with Crippen LogP contribution in [0.4, 0.5) is 10.5 Å². The van der Waals surface area contributed by atoms with E-state index in [9.17, 15) is 4.79 Å². The van der Waals surface area contributed by atoms with E-state index in [0.29, 0.717) is 23.2 Å². The third kappa shape index (κ3) is 3.06. The largest absolute Gasteiger partial charge is 0.497 e. The molecule has 5 heteroatoms. The zero-order chi connectivity index (χ0) is 13.0. The summed E-state index contributed by atoms with van der Waals surface area (Å²) in [5.41, 5.74) is 0.656. The summed E-state index contributed by atoms with van der Waals surface area (Å²) in [7, 11) is 3.15. The first-order chi connectivity index (χ1) is 8.71. The number of carbonyl (C=O) groups is 1. The van der Waals surface area contributed by atoms with Gasteiger partial charge >= 0.3 is 6.03 Å². The average molecular weight is 250 g/mol. The summed E-state index contributed by atoms with van der Waals surface area (Å²) < 4.78 is 10.3. The van der Waals surface area contributed by atoms with Gasteiger partial charge in [0, 0.05) is 29.9 Å². The van der Waals surface area contributed by atoms with E-state index in [-0.39, 0.29) is 6.03 Å². The van der Waals surface area contributed by atoms with Crippen molar-refractivity contribution in [2.24, 2.45) is 0 Å². The molecule has 5 nitrogen and oxygen atoms in total. The van der Waals surface area contributed by atoms with Gasteiger partial charge < -0.3 is 20.1 Å². The number of amides is 2. The van der Waals surface area contributed by atoms with E-state index in [0.717, 1.165) is 12.8 Å². The minimum Gasteiger partial charge on any atom is -0.497 e. The van der Waals surface area contributed by atoms with Gasteiger partial charge in [0.2, 0.25) is 0 Å². The highest BCUT2D eigenvalue weighted by Gasteiger charge is 2.19. The monoisotopic (exact) mass is 250 g/mol. The number of rotatable bonds is 4. The van der Waals surface area contributed by atoms with Crippen LogP contribution in [0.1, 0.15) is 19.3 Å². The second-order valence-electron chi connectivity index (χ2n) is 4.33. The van der Waals surface area contributed by atoms with Crippen LogP contribution in [0.2, 0.25) is 0 Å². The summed E-state index contributed by atoms with van der Waals surface area (Å²) in [6.45, 7) is 0. The quantitative estimate of drug-likeness (QED) is 0.862. The summed E-state index contributed by atoms with van der Waals surface area (Å²) in [6.07, 6.45) is 3.32. The first-order valence-electron chi connectivity index (χ1n) is 6.02. The molecule has 0 radical (unpaired) electrons. The van der Waals surface area contributed by atoms with Crippen LogP contribution < -0.4 is 20.1 Å². The van der Waals surface area contributed by atoms with E-state index in [2.05, 4.69) is 10.6 Å². The molecule has 1 aromatic carbocycles. The van der Waals surface area contributed by atoms with Gasteiger partial charge in [-0.1, -0.05) is 0 Å². The van der Waals surface area contributed by atoms with E-state index in [1.165, 1.54) is 6.42 Å². The van der Waals surface area contributed by atoms with Crippen LogP contribution in [0.25, 0.3) is 0 Å². The SMILES string of the molecule is COc1cc(NC(=O)NC2CCC2)cc(OC)c1. The minimum absolute atomic E-state index is 0.185. The lowest BCUT2D eigenvalue weighted by atomic mass is 9.93. The average Bonchev–Trinajstić information content (AvgIpc) is 2.33. The Morgan fingerprint density at radius 2 is 1.78 bits per heavy atom. The van der Waals surface area contributed by atoms with Crippen molar-refractivity contribution in [3.63, 3.8) is 0 Å². The number of hydrogen-bond donors (Lipinski definition) is 2. The van der Waals surface area contributed by atoms with Gasteiger partial charge in [0.25, 0.3) is 0 Å². The topological polar surface area (TPSA) is 59.6 Å². The molecular formula is C13H18N2O3. The van der Waals surface area contributed by atoms with E-state index in [1.54, 1.807) is 32.4 Å². The van der Waals surface area contributed by atoms with Crippen LogP contribution >= 0.6 is 0 Å². The molecule has 0 atom stereocenters. The van der Waals surface area contributed by atoms with Crippen molar-refractivity contribution >= 4 is 11.7 Å². The summed E-state index contributed by atoms with van der Waals surface area (Å²) in [5, 5.41) is 5.69. The Kier molecular flexibility index (Phi) is 3.92. The molecule has 1 saturated carbocycles. The van der Waals surface area contributed by atoms with Gasteiger partial charge in [0.15, 0.2) is 0 Å². The minimum atomic E-state index is -0.185. The molecule has 1 aliphatic rings. The number of carbonyl (C=O) groups excluding carboxylic acids is 1. The number of ether oxygens (including phenoxy) is 2. The molecule has 0 aromatic heterocycles. The Labute approximate surface area is 106 Å². The Morgan fingerprint density at radius 3 is 2.22 bits per heavy atom. The number of hydrogen-bond acceptors (Lipinski definition) is 3. The van der Waals surface area contributed by atoms with Gasteiger partial charge in [0.1, 0.15) is 11.5 Å². The van der Waals surface area contributed by atoms with Crippen LogP contribution in [0, 0.1) is 0 Å². The highest BCUT2D eigenvalue weighted by atomic mass is 16.5. The van der Waals surface area contributed by atoms with Gasteiger partial charge in [-0.05, 0) is 19.3 Å². The maximum Gasteiger partial charge on any atom is 0.319 e. The summed E-state index contributed by atoms with van der Waals surface area (Å²) in [4.78, 5) is 11.7. The Bertz CT molecular complexity index is 408. The number of anilines is 1. The van der Waals surface area contributed by atoms with Crippen molar-refractivity contribution in [3.05, 3.63) is 18.2 Å². The van der Waals surface area contributed by atoms with Crippen molar-refractivity contribution in [2.75, 3.05) is 19.5 Å². The zero-order valence-electron chi connectivity index (χ0n) is 10.7. The molecule has 0 bridgehead atoms. The van der Waals surface area contributed by atoms with Gasteiger partial charge in [-0.2, -0.15) is 0 Å². The van der Waals surface area contributed by atoms with E-state index in [1.807, 2.05) is 0 Å². The van der Waals surface area contributed by atoms with Crippen molar-refractivity contribution in [1.29, 1.82) is 0 Å². The number of methoxy groups -OCH3 is 2. The third-order valence-corrected chi connectivity index (χ3v) is 3.05. The standard InChI is InChI=1S/C13H18N2O3/c1-17-11-6-10(7-12(8-11)18-2)15-13(16)14-9-4-3-5-9/h6-9H,3-5H2,1-2H3,(H2,14,15,16). The summed E-state index contributed by atoms with van der Waals surface area (Å²) in [6, 6.07) is 5.40. The lowest BCUT2D eigenvalue weighted by Crippen LogP contribution is -2.41. The van der Waals surface area contributed by atoms with E-state index in [4.69, 9.17) is 9.47 Å². The Hall–Kier alpha value is -1.91. The molecule has 2 amide bonds. The van der Waals surface area contributed by atoms with Crippen LogP contribution in [0.3, 0.4) is 0 Å². The molecule has 0 unspecified atom stereocenters. The fourth-order valence-electron chi connectivity index (χ4n) is 1.78. The molecule has 98 valence electrons. The number of benzene rings is 1. The summed E-state index contributed by atoms with van der Waals surface area (Å²) in [5.74, 6) is 1.29. The first kappa shape index (κ1) is 12.5. The van der Waals surface area contributed by atoms with Gasteiger partial charge in [-0.15, -0.1) is 0 Å². The molecule has 1 aliphatic carbocycles. The second kappa shape index (κ2) is 5.62. The Morgan fingerprint density at radius 1 is 1.17 bits per heavy atom. The van der Waals surface area contributed by atoms with Gasteiger partial charge in [-0.3, -0.25) is 0 Å². The highest BCUT2D eigenvalue weighted by Crippen LogP contribution is 2.26. The predicted octanol–water partition coefficient (Wildman–Crippen LogP) is 2.38. The van der Waals surface area contributed by atoms with Crippen molar-refractivity contribution in [3.8, 4) is 11.5 Å². The first-order valence-corrected chi connectivity index (χ1v) is 6.02. The molecular weight excluding hydrogens is 232 g/mol. The Balaban J connectivity index is 2.00. The number of urea groups is 1. The van der Waals surface area contributed by atoms with Crippen LogP contribution in [-0.2, 0) is 0 Å². The van der Waals surface area contributed by atoms with Crippen LogP contribution in [-0.4, -0.2) is 26.3 Å². The van der Waals surface area contributed by atoms with Crippen LogP contribution in [0.5, 0.6) is 11.5 Å². The molecule has 1 fully saturated rings. The predicted molar refractivity (Wildman–Crippen MR) is 69.3 cm³/mol.